The molecule has 0 aliphatic carbocycles. The molecule has 0 saturated heterocycles. The van der Waals surface area contributed by atoms with Crippen LogP contribution in [0.2, 0.25) is 0 Å². The molecule has 426 valence electrons. The molecule has 0 radical (unpaired) electrons. The van der Waals surface area contributed by atoms with Gasteiger partial charge in [0, 0.05) is 84.6 Å². The molecule has 0 unspecified atom stereocenters. The number of fused-ring (bicyclic) bond motifs is 6. The largest absolute Gasteiger partial charge is 0.422 e. The lowest BCUT2D eigenvalue weighted by molar-refractivity contribution is 0.563. The number of rotatable bonds is 12. The minimum Gasteiger partial charge on any atom is -0.422 e. The smallest absolute Gasteiger partial charge is 0.344 e. The van der Waals surface area contributed by atoms with E-state index < -0.39 is 16.9 Å². The Balaban J connectivity index is 0.839. The predicted octanol–water partition coefficient (Wildman–Crippen LogP) is 20.9. The third kappa shape index (κ3) is 9.60. The van der Waals surface area contributed by atoms with Crippen molar-refractivity contribution in [2.45, 2.75) is 0 Å². The Labute approximate surface area is 515 Å². The standard InChI is InChI=1S/C81H51N3O6/c85-79-70(46-55-37-40-64(49-76(55)88-79)82(61-25-4-1-5-26-61)73-34-16-22-52-19-10-13-31-67(52)73)58-43-59(71-47-56-38-41-65(50-77(56)89-80(71)86)83(62-27-6-2-7-28-62)74-35-17-23-53-20-11-14-32-68(53)74)45-60(44-58)72-48-57-39-42-66(51-78(57)90-81(72)87)84(63-29-8-3-9-30-63)75-36-18-24-54-21-12-15-33-69(54)75/h1-51H. The fourth-order valence-electron chi connectivity index (χ4n) is 12.6. The average Bonchev–Trinajstić information content (AvgIpc) is 0.987. The molecule has 0 spiro atoms. The maximum absolute atomic E-state index is 14.8. The summed E-state index contributed by atoms with van der Waals surface area (Å²) in [5, 5.41) is 8.43. The molecule has 0 N–H and O–H groups in total. The summed E-state index contributed by atoms with van der Waals surface area (Å²) in [6, 6.07) is 102. The molecule has 90 heavy (non-hydrogen) atoms. The van der Waals surface area contributed by atoms with Crippen LogP contribution >= 0.6 is 0 Å². The molecule has 0 bridgehead atoms. The first kappa shape index (κ1) is 53.2. The van der Waals surface area contributed by atoms with Crippen molar-refractivity contribution in [1.29, 1.82) is 0 Å². The zero-order valence-electron chi connectivity index (χ0n) is 48.2. The molecule has 0 atom stereocenters. The van der Waals surface area contributed by atoms with Gasteiger partial charge in [0.25, 0.3) is 0 Å². The third-order valence-corrected chi connectivity index (χ3v) is 16.9. The fraction of sp³-hybridized carbons (Fsp3) is 0. The van der Waals surface area contributed by atoms with Gasteiger partial charge in [-0.2, -0.15) is 0 Å². The summed E-state index contributed by atoms with van der Waals surface area (Å²) in [6.07, 6.45) is 0. The summed E-state index contributed by atoms with van der Waals surface area (Å²) in [6.45, 7) is 0. The molecule has 0 fully saturated rings. The molecule has 0 aliphatic rings. The lowest BCUT2D eigenvalue weighted by Gasteiger charge is -2.27. The van der Waals surface area contributed by atoms with E-state index in [0.29, 0.717) is 49.6 Å². The van der Waals surface area contributed by atoms with Crippen LogP contribution in [-0.4, -0.2) is 0 Å². The number of hydrogen-bond donors (Lipinski definition) is 0. The summed E-state index contributed by atoms with van der Waals surface area (Å²) < 4.78 is 19.0. The van der Waals surface area contributed by atoms with Crippen molar-refractivity contribution in [3.63, 3.8) is 0 Å². The average molecular weight is 1160 g/mol. The number of anilines is 9. The number of nitrogens with zero attached hydrogens (tertiary/aromatic N) is 3. The van der Waals surface area contributed by atoms with Crippen LogP contribution in [0.1, 0.15) is 0 Å². The molecule has 16 rings (SSSR count). The van der Waals surface area contributed by atoms with E-state index in [1.165, 1.54) is 0 Å². The zero-order valence-corrected chi connectivity index (χ0v) is 48.2. The quantitative estimate of drug-likeness (QED) is 0.111. The van der Waals surface area contributed by atoms with Crippen molar-refractivity contribution in [3.05, 3.63) is 341 Å². The molecule has 3 heterocycles. The van der Waals surface area contributed by atoms with Crippen LogP contribution in [0.4, 0.5) is 51.2 Å². The van der Waals surface area contributed by atoms with Gasteiger partial charge in [-0.05, 0) is 160 Å². The zero-order chi connectivity index (χ0) is 60.2. The Morgan fingerprint density at radius 2 is 0.478 bits per heavy atom. The first-order valence-corrected chi connectivity index (χ1v) is 29.7. The van der Waals surface area contributed by atoms with E-state index in [0.717, 1.165) is 83.5 Å². The van der Waals surface area contributed by atoms with E-state index in [1.807, 2.05) is 164 Å². The SMILES string of the molecule is O=c1oc2cc(N(c3ccccc3)c3cccc4ccccc34)ccc2cc1-c1cc(-c2cc3ccc(N(c4ccccc4)c4cccc5ccccc45)cc3oc2=O)cc(-c2cc3ccc(N(c4ccccc4)c4cccc5ccccc45)cc3oc2=O)c1. The summed E-state index contributed by atoms with van der Waals surface area (Å²) in [7, 11) is 0. The van der Waals surface area contributed by atoms with Gasteiger partial charge in [0.2, 0.25) is 0 Å². The second-order valence-corrected chi connectivity index (χ2v) is 22.3. The highest BCUT2D eigenvalue weighted by atomic mass is 16.4. The van der Waals surface area contributed by atoms with Gasteiger partial charge in [0.15, 0.2) is 0 Å². The van der Waals surface area contributed by atoms with E-state index in [-0.39, 0.29) is 16.7 Å². The second kappa shape index (κ2) is 22.2. The molecular weight excluding hydrogens is 1110 g/mol. The highest BCUT2D eigenvalue weighted by molar-refractivity contribution is 6.03. The summed E-state index contributed by atoms with van der Waals surface area (Å²) in [4.78, 5) is 50.8. The summed E-state index contributed by atoms with van der Waals surface area (Å²) in [5.74, 6) is 0. The molecule has 0 amide bonds. The topological polar surface area (TPSA) is 100 Å². The van der Waals surface area contributed by atoms with Crippen molar-refractivity contribution in [1.82, 2.24) is 0 Å². The molecule has 3 aromatic heterocycles. The molecule has 9 nitrogen and oxygen atoms in total. The second-order valence-electron chi connectivity index (χ2n) is 22.3. The minimum atomic E-state index is -0.612. The van der Waals surface area contributed by atoms with Gasteiger partial charge in [0.1, 0.15) is 16.7 Å². The van der Waals surface area contributed by atoms with Crippen LogP contribution in [0, 0.1) is 0 Å². The van der Waals surface area contributed by atoms with Gasteiger partial charge < -0.3 is 28.0 Å². The molecule has 0 saturated carbocycles. The van der Waals surface area contributed by atoms with Gasteiger partial charge in [-0.25, -0.2) is 14.4 Å². The van der Waals surface area contributed by atoms with Crippen molar-refractivity contribution < 1.29 is 13.3 Å². The normalized spacial score (nSPS) is 11.5. The van der Waals surface area contributed by atoms with E-state index in [4.69, 9.17) is 13.3 Å². The van der Waals surface area contributed by atoms with Crippen molar-refractivity contribution >= 4 is 116 Å². The lowest BCUT2D eigenvalue weighted by Crippen LogP contribution is -2.11. The van der Waals surface area contributed by atoms with E-state index in [1.54, 1.807) is 36.4 Å². The third-order valence-electron chi connectivity index (χ3n) is 16.9. The maximum atomic E-state index is 14.8. The Kier molecular flexibility index (Phi) is 13.1. The highest BCUT2D eigenvalue weighted by Crippen LogP contribution is 2.44. The van der Waals surface area contributed by atoms with Crippen LogP contribution in [0.5, 0.6) is 0 Å². The van der Waals surface area contributed by atoms with Gasteiger partial charge in [-0.3, -0.25) is 0 Å². The van der Waals surface area contributed by atoms with Gasteiger partial charge >= 0.3 is 16.9 Å². The molecule has 13 aromatic carbocycles. The van der Waals surface area contributed by atoms with Gasteiger partial charge in [-0.1, -0.05) is 164 Å². The van der Waals surface area contributed by atoms with Crippen molar-refractivity contribution in [3.8, 4) is 33.4 Å². The Morgan fingerprint density at radius 3 is 0.778 bits per heavy atom. The lowest BCUT2D eigenvalue weighted by atomic mass is 9.94. The monoisotopic (exact) mass is 1160 g/mol. The van der Waals surface area contributed by atoms with Crippen LogP contribution in [0.15, 0.2) is 337 Å². The fourth-order valence-corrected chi connectivity index (χ4v) is 12.6. The summed E-state index contributed by atoms with van der Waals surface area (Å²) >= 11 is 0. The molecule has 0 aliphatic heterocycles. The first-order valence-electron chi connectivity index (χ1n) is 29.7. The number of benzene rings is 13. The van der Waals surface area contributed by atoms with E-state index in [9.17, 15) is 14.4 Å². The minimum absolute atomic E-state index is 0.223. The predicted molar refractivity (Wildman–Crippen MR) is 367 cm³/mol. The Morgan fingerprint density at radius 1 is 0.211 bits per heavy atom. The van der Waals surface area contributed by atoms with Crippen LogP contribution in [0.3, 0.4) is 0 Å². The van der Waals surface area contributed by atoms with Gasteiger partial charge in [0.05, 0.1) is 33.8 Å². The van der Waals surface area contributed by atoms with Crippen molar-refractivity contribution in [2.24, 2.45) is 0 Å². The van der Waals surface area contributed by atoms with Gasteiger partial charge in [-0.15, -0.1) is 0 Å². The van der Waals surface area contributed by atoms with E-state index in [2.05, 4.69) is 124 Å². The highest BCUT2D eigenvalue weighted by Gasteiger charge is 2.23. The first-order chi connectivity index (χ1) is 44.3. The number of hydrogen-bond acceptors (Lipinski definition) is 9. The molecule has 9 heteroatoms. The van der Waals surface area contributed by atoms with Crippen LogP contribution in [0.25, 0.3) is 98.6 Å². The molecular formula is C81H51N3O6. The summed E-state index contributed by atoms with van der Waals surface area (Å²) in [5.41, 5.74) is 9.24. The van der Waals surface area contributed by atoms with Crippen LogP contribution < -0.4 is 31.6 Å². The molecule has 16 aromatic rings. The number of para-hydroxylation sites is 3. The van der Waals surface area contributed by atoms with E-state index >= 15 is 0 Å². The van der Waals surface area contributed by atoms with Crippen molar-refractivity contribution in [2.75, 3.05) is 14.7 Å². The Bertz CT molecular complexity index is 5080. The maximum Gasteiger partial charge on any atom is 0.344 e. The Hall–Kier alpha value is -12.3. The van der Waals surface area contributed by atoms with Crippen LogP contribution in [-0.2, 0) is 0 Å².